The highest BCUT2D eigenvalue weighted by Crippen LogP contribution is 2.34. The Hall–Kier alpha value is -0.830. The van der Waals surface area contributed by atoms with Crippen molar-refractivity contribution in [3.63, 3.8) is 0 Å². The Labute approximate surface area is 122 Å². The normalized spacial score (nSPS) is 28.5. The molecule has 0 unspecified atom stereocenters. The van der Waals surface area contributed by atoms with Crippen molar-refractivity contribution < 1.29 is 0 Å². The van der Waals surface area contributed by atoms with Gasteiger partial charge in [-0.05, 0) is 56.9 Å². The quantitative estimate of drug-likeness (QED) is 0.821. The number of rotatable bonds is 5. The van der Waals surface area contributed by atoms with Gasteiger partial charge in [0.1, 0.15) is 5.82 Å². The standard InChI is InChI=1S/C17H27N3/c1-3-14(4-1)11-19-9-2-5-16(13-19)17-18-8-10-20(17)12-15-6-7-15/h8,10,14-16H,1-7,9,11-13H2/t16-/m1/s1. The van der Waals surface area contributed by atoms with Gasteiger partial charge in [0, 0.05) is 37.9 Å². The Morgan fingerprint density at radius 2 is 1.85 bits per heavy atom. The van der Waals surface area contributed by atoms with E-state index < -0.39 is 0 Å². The molecule has 0 spiro atoms. The largest absolute Gasteiger partial charge is 0.334 e. The Kier molecular flexibility index (Phi) is 3.55. The maximum atomic E-state index is 4.70. The molecule has 3 aliphatic rings. The lowest BCUT2D eigenvalue weighted by molar-refractivity contribution is 0.141. The maximum Gasteiger partial charge on any atom is 0.113 e. The summed E-state index contributed by atoms with van der Waals surface area (Å²) in [4.78, 5) is 7.42. The van der Waals surface area contributed by atoms with Crippen molar-refractivity contribution in [2.24, 2.45) is 11.8 Å². The van der Waals surface area contributed by atoms with E-state index in [4.69, 9.17) is 4.98 Å². The van der Waals surface area contributed by atoms with Crippen LogP contribution in [0.1, 0.15) is 56.7 Å². The molecule has 0 N–H and O–H groups in total. The molecule has 0 amide bonds. The minimum absolute atomic E-state index is 0.678. The van der Waals surface area contributed by atoms with Gasteiger partial charge in [0.15, 0.2) is 0 Å². The zero-order valence-corrected chi connectivity index (χ0v) is 12.5. The van der Waals surface area contributed by atoms with Gasteiger partial charge in [-0.1, -0.05) is 6.42 Å². The topological polar surface area (TPSA) is 21.1 Å². The van der Waals surface area contributed by atoms with E-state index in [1.54, 1.807) is 0 Å². The van der Waals surface area contributed by atoms with Crippen LogP contribution in [0.5, 0.6) is 0 Å². The molecular formula is C17H27N3. The number of imidazole rings is 1. The first-order valence-electron chi connectivity index (χ1n) is 8.62. The van der Waals surface area contributed by atoms with E-state index in [1.807, 2.05) is 6.20 Å². The van der Waals surface area contributed by atoms with Crippen molar-refractivity contribution in [3.8, 4) is 0 Å². The average molecular weight is 273 g/mol. The summed E-state index contributed by atoms with van der Waals surface area (Å²) in [5.41, 5.74) is 0. The molecule has 1 aromatic rings. The molecule has 1 aromatic heterocycles. The summed E-state index contributed by atoms with van der Waals surface area (Å²) in [6.07, 6.45) is 14.2. The molecule has 2 saturated carbocycles. The minimum Gasteiger partial charge on any atom is -0.334 e. The maximum absolute atomic E-state index is 4.70. The fourth-order valence-corrected chi connectivity index (χ4v) is 3.89. The van der Waals surface area contributed by atoms with Crippen LogP contribution in [-0.4, -0.2) is 34.1 Å². The number of nitrogens with zero attached hydrogens (tertiary/aromatic N) is 3. The van der Waals surface area contributed by atoms with E-state index in [9.17, 15) is 0 Å². The summed E-state index contributed by atoms with van der Waals surface area (Å²) >= 11 is 0. The highest BCUT2D eigenvalue weighted by atomic mass is 15.2. The van der Waals surface area contributed by atoms with E-state index in [0.717, 1.165) is 11.8 Å². The molecule has 2 aliphatic carbocycles. The molecular weight excluding hydrogens is 246 g/mol. The first kappa shape index (κ1) is 12.9. The fourth-order valence-electron chi connectivity index (χ4n) is 3.89. The molecule has 0 bridgehead atoms. The monoisotopic (exact) mass is 273 g/mol. The Morgan fingerprint density at radius 1 is 1.00 bits per heavy atom. The molecule has 1 saturated heterocycles. The lowest BCUT2D eigenvalue weighted by Gasteiger charge is -2.37. The second-order valence-corrected chi connectivity index (χ2v) is 7.28. The van der Waals surface area contributed by atoms with E-state index in [-0.39, 0.29) is 0 Å². The average Bonchev–Trinajstić information content (AvgIpc) is 3.10. The molecule has 4 rings (SSSR count). The summed E-state index contributed by atoms with van der Waals surface area (Å²) in [7, 11) is 0. The highest BCUT2D eigenvalue weighted by molar-refractivity contribution is 5.04. The molecule has 1 atom stereocenters. The summed E-state index contributed by atoms with van der Waals surface area (Å²) in [6.45, 7) is 5.13. The van der Waals surface area contributed by atoms with E-state index in [2.05, 4.69) is 15.7 Å². The first-order chi connectivity index (χ1) is 9.88. The highest BCUT2D eigenvalue weighted by Gasteiger charge is 2.29. The van der Waals surface area contributed by atoms with Gasteiger partial charge in [0.2, 0.25) is 0 Å². The summed E-state index contributed by atoms with van der Waals surface area (Å²) in [6, 6.07) is 0. The van der Waals surface area contributed by atoms with Gasteiger partial charge in [-0.2, -0.15) is 0 Å². The van der Waals surface area contributed by atoms with Crippen molar-refractivity contribution in [2.45, 2.75) is 57.4 Å². The Balaban J connectivity index is 1.40. The van der Waals surface area contributed by atoms with Crippen LogP contribution >= 0.6 is 0 Å². The van der Waals surface area contributed by atoms with Crippen LogP contribution in [0, 0.1) is 11.8 Å². The van der Waals surface area contributed by atoms with Crippen LogP contribution in [0.4, 0.5) is 0 Å². The van der Waals surface area contributed by atoms with Crippen LogP contribution in [0.2, 0.25) is 0 Å². The number of likely N-dealkylation sites (tertiary alicyclic amines) is 1. The molecule has 3 nitrogen and oxygen atoms in total. The van der Waals surface area contributed by atoms with Gasteiger partial charge in [-0.15, -0.1) is 0 Å². The van der Waals surface area contributed by atoms with Gasteiger partial charge in [0.25, 0.3) is 0 Å². The van der Waals surface area contributed by atoms with Gasteiger partial charge in [0.05, 0.1) is 0 Å². The number of aromatic nitrogens is 2. The SMILES string of the molecule is c1cn(CC2CC2)c([C@@H]2CCCN(CC3CCC3)C2)n1. The number of hydrogen-bond acceptors (Lipinski definition) is 2. The van der Waals surface area contributed by atoms with Crippen LogP contribution in [0.3, 0.4) is 0 Å². The fraction of sp³-hybridized carbons (Fsp3) is 0.824. The Bertz CT molecular complexity index is 445. The van der Waals surface area contributed by atoms with Crippen LogP contribution in [0.15, 0.2) is 12.4 Å². The van der Waals surface area contributed by atoms with E-state index in [1.165, 1.54) is 76.9 Å². The van der Waals surface area contributed by atoms with Crippen LogP contribution < -0.4 is 0 Å². The van der Waals surface area contributed by atoms with Crippen LogP contribution in [0.25, 0.3) is 0 Å². The lowest BCUT2D eigenvalue weighted by atomic mass is 9.84. The predicted octanol–water partition coefficient (Wildman–Crippen LogP) is 3.27. The molecule has 20 heavy (non-hydrogen) atoms. The van der Waals surface area contributed by atoms with Gasteiger partial charge < -0.3 is 9.47 Å². The Morgan fingerprint density at radius 3 is 2.60 bits per heavy atom. The van der Waals surface area contributed by atoms with Gasteiger partial charge >= 0.3 is 0 Å². The van der Waals surface area contributed by atoms with Crippen LogP contribution in [-0.2, 0) is 6.54 Å². The second-order valence-electron chi connectivity index (χ2n) is 7.28. The third kappa shape index (κ3) is 2.78. The van der Waals surface area contributed by atoms with Crippen molar-refractivity contribution in [3.05, 3.63) is 18.2 Å². The first-order valence-corrected chi connectivity index (χ1v) is 8.62. The molecule has 0 aromatic carbocycles. The molecule has 2 heterocycles. The van der Waals surface area contributed by atoms with Crippen molar-refractivity contribution >= 4 is 0 Å². The van der Waals surface area contributed by atoms with Crippen molar-refractivity contribution in [1.29, 1.82) is 0 Å². The smallest absolute Gasteiger partial charge is 0.113 e. The van der Waals surface area contributed by atoms with Gasteiger partial charge in [-0.3, -0.25) is 0 Å². The zero-order valence-electron chi connectivity index (χ0n) is 12.5. The molecule has 110 valence electrons. The lowest BCUT2D eigenvalue weighted by Crippen LogP contribution is -2.39. The van der Waals surface area contributed by atoms with E-state index in [0.29, 0.717) is 5.92 Å². The second kappa shape index (κ2) is 5.51. The molecule has 3 heteroatoms. The third-order valence-corrected chi connectivity index (χ3v) is 5.51. The summed E-state index contributed by atoms with van der Waals surface area (Å²) in [5, 5.41) is 0. The number of piperidine rings is 1. The summed E-state index contributed by atoms with van der Waals surface area (Å²) in [5.74, 6) is 3.99. The molecule has 1 aliphatic heterocycles. The van der Waals surface area contributed by atoms with Crippen molar-refractivity contribution in [2.75, 3.05) is 19.6 Å². The zero-order chi connectivity index (χ0) is 13.4. The minimum atomic E-state index is 0.678. The molecule has 3 fully saturated rings. The molecule has 0 radical (unpaired) electrons. The van der Waals surface area contributed by atoms with Crippen molar-refractivity contribution in [1.82, 2.24) is 14.5 Å². The van der Waals surface area contributed by atoms with E-state index >= 15 is 0 Å². The number of hydrogen-bond donors (Lipinski definition) is 0. The predicted molar refractivity (Wildman–Crippen MR) is 80.7 cm³/mol. The van der Waals surface area contributed by atoms with Gasteiger partial charge in [-0.25, -0.2) is 4.98 Å². The third-order valence-electron chi connectivity index (χ3n) is 5.51. The summed E-state index contributed by atoms with van der Waals surface area (Å²) < 4.78 is 2.45.